The third-order valence-corrected chi connectivity index (χ3v) is 7.33. The zero-order valence-electron chi connectivity index (χ0n) is 22.4. The number of methoxy groups -OCH3 is 1. The van der Waals surface area contributed by atoms with Gasteiger partial charge in [-0.25, -0.2) is 14.2 Å². The van der Waals surface area contributed by atoms with Gasteiger partial charge < -0.3 is 20.3 Å². The van der Waals surface area contributed by atoms with Crippen molar-refractivity contribution in [1.82, 2.24) is 10.3 Å². The lowest BCUT2D eigenvalue weighted by atomic mass is 9.69. The first kappa shape index (κ1) is 28.0. The fourth-order valence-corrected chi connectivity index (χ4v) is 5.08. The number of benzene rings is 2. The van der Waals surface area contributed by atoms with Crippen LogP contribution in [0.15, 0.2) is 48.7 Å². The average molecular weight is 553 g/mol. The summed E-state index contributed by atoms with van der Waals surface area (Å²) in [5, 5.41) is 5.09. The highest BCUT2D eigenvalue weighted by Crippen LogP contribution is 2.42. The molecule has 2 amide bonds. The maximum absolute atomic E-state index is 14.4. The quantitative estimate of drug-likeness (QED) is 0.406. The molecule has 0 saturated carbocycles. The Hall–Kier alpha value is -3.98. The SMILES string of the molecule is CNC(=O)c1cc(Cl)c(F)cc1NC(=O)C1(c2ccccc2C(C)C)CN(c2cnc(C(=O)OC)c(C)c2)C1. The van der Waals surface area contributed by atoms with E-state index in [-0.39, 0.29) is 33.8 Å². The topological polar surface area (TPSA) is 101 Å². The molecule has 2 aromatic carbocycles. The highest BCUT2D eigenvalue weighted by Gasteiger charge is 2.52. The van der Waals surface area contributed by atoms with Crippen LogP contribution in [0.25, 0.3) is 0 Å². The molecule has 204 valence electrons. The Morgan fingerprint density at radius 3 is 2.46 bits per heavy atom. The first-order valence-corrected chi connectivity index (χ1v) is 12.8. The van der Waals surface area contributed by atoms with Crippen LogP contribution in [-0.4, -0.2) is 50.0 Å². The smallest absolute Gasteiger partial charge is 0.356 e. The monoisotopic (exact) mass is 552 g/mol. The molecule has 10 heteroatoms. The summed E-state index contributed by atoms with van der Waals surface area (Å²) in [5.41, 5.74) is 2.55. The maximum Gasteiger partial charge on any atom is 0.356 e. The number of hydrogen-bond donors (Lipinski definition) is 2. The Morgan fingerprint density at radius 2 is 1.85 bits per heavy atom. The van der Waals surface area contributed by atoms with Gasteiger partial charge in [0, 0.05) is 20.1 Å². The van der Waals surface area contributed by atoms with Crippen molar-refractivity contribution in [2.24, 2.45) is 0 Å². The first-order valence-electron chi connectivity index (χ1n) is 12.4. The summed E-state index contributed by atoms with van der Waals surface area (Å²) in [6.45, 7) is 6.47. The Balaban J connectivity index is 1.74. The number of carbonyl (C=O) groups excluding carboxylic acids is 3. The van der Waals surface area contributed by atoms with E-state index in [0.717, 1.165) is 22.9 Å². The molecule has 0 aliphatic carbocycles. The van der Waals surface area contributed by atoms with Gasteiger partial charge in [0.05, 0.1) is 35.3 Å². The van der Waals surface area contributed by atoms with Crippen molar-refractivity contribution in [3.63, 3.8) is 0 Å². The van der Waals surface area contributed by atoms with Gasteiger partial charge in [0.2, 0.25) is 5.91 Å². The number of hydrogen-bond acceptors (Lipinski definition) is 6. The number of amides is 2. The molecule has 8 nitrogen and oxygen atoms in total. The summed E-state index contributed by atoms with van der Waals surface area (Å²) < 4.78 is 19.2. The van der Waals surface area contributed by atoms with Crippen LogP contribution in [0.3, 0.4) is 0 Å². The van der Waals surface area contributed by atoms with Gasteiger partial charge in [-0.3, -0.25) is 9.59 Å². The Labute approximate surface area is 231 Å². The minimum Gasteiger partial charge on any atom is -0.464 e. The van der Waals surface area contributed by atoms with Gasteiger partial charge in [-0.1, -0.05) is 49.7 Å². The van der Waals surface area contributed by atoms with Crippen molar-refractivity contribution in [1.29, 1.82) is 0 Å². The number of nitrogens with zero attached hydrogens (tertiary/aromatic N) is 2. The normalized spacial score (nSPS) is 14.0. The fraction of sp³-hybridized carbons (Fsp3) is 0.310. The number of aryl methyl sites for hydroxylation is 1. The summed E-state index contributed by atoms with van der Waals surface area (Å²) in [5.74, 6) is -2.03. The maximum atomic E-state index is 14.4. The van der Waals surface area contributed by atoms with Crippen LogP contribution in [0.1, 0.15) is 57.3 Å². The zero-order chi connectivity index (χ0) is 28.5. The highest BCUT2D eigenvalue weighted by molar-refractivity contribution is 6.31. The molecule has 0 radical (unpaired) electrons. The molecule has 1 saturated heterocycles. The minimum atomic E-state index is -1.01. The van der Waals surface area contributed by atoms with Crippen molar-refractivity contribution in [2.75, 3.05) is 37.5 Å². The lowest BCUT2D eigenvalue weighted by Crippen LogP contribution is -2.65. The second-order valence-corrected chi connectivity index (χ2v) is 10.3. The van der Waals surface area contributed by atoms with Crippen molar-refractivity contribution in [3.05, 3.63) is 87.4 Å². The van der Waals surface area contributed by atoms with E-state index >= 15 is 0 Å². The zero-order valence-corrected chi connectivity index (χ0v) is 23.1. The molecule has 1 aliphatic rings. The number of anilines is 2. The van der Waals surface area contributed by atoms with Crippen LogP contribution in [-0.2, 0) is 14.9 Å². The summed E-state index contributed by atoms with van der Waals surface area (Å²) >= 11 is 5.93. The van der Waals surface area contributed by atoms with Crippen molar-refractivity contribution in [2.45, 2.75) is 32.1 Å². The first-order chi connectivity index (χ1) is 18.5. The molecule has 1 aromatic heterocycles. The van der Waals surface area contributed by atoms with Crippen LogP contribution < -0.4 is 15.5 Å². The predicted molar refractivity (Wildman–Crippen MR) is 148 cm³/mol. The van der Waals surface area contributed by atoms with E-state index in [9.17, 15) is 18.8 Å². The van der Waals surface area contributed by atoms with E-state index in [0.29, 0.717) is 18.7 Å². The van der Waals surface area contributed by atoms with E-state index in [2.05, 4.69) is 29.5 Å². The molecule has 0 spiro atoms. The summed E-state index contributed by atoms with van der Waals surface area (Å²) in [7, 11) is 2.74. The second-order valence-electron chi connectivity index (χ2n) is 9.88. The molecular formula is C29H30ClFN4O4. The second kappa shape index (κ2) is 11.0. The van der Waals surface area contributed by atoms with Crippen molar-refractivity contribution >= 4 is 40.8 Å². The number of pyridine rings is 1. The average Bonchev–Trinajstić information content (AvgIpc) is 2.89. The molecule has 0 atom stereocenters. The Morgan fingerprint density at radius 1 is 1.15 bits per heavy atom. The third-order valence-electron chi connectivity index (χ3n) is 7.04. The number of nitrogens with one attached hydrogen (secondary N) is 2. The molecule has 3 aromatic rings. The summed E-state index contributed by atoms with van der Waals surface area (Å²) in [6.07, 6.45) is 1.58. The molecule has 2 heterocycles. The van der Waals surface area contributed by atoms with Gasteiger partial charge in [-0.15, -0.1) is 0 Å². The van der Waals surface area contributed by atoms with E-state index in [1.807, 2.05) is 35.2 Å². The number of rotatable bonds is 7. The lowest BCUT2D eigenvalue weighted by molar-refractivity contribution is -0.122. The van der Waals surface area contributed by atoms with Crippen LogP contribution in [0, 0.1) is 12.7 Å². The summed E-state index contributed by atoms with van der Waals surface area (Å²) in [6, 6.07) is 11.8. The van der Waals surface area contributed by atoms with Gasteiger partial charge in [0.25, 0.3) is 5.91 Å². The van der Waals surface area contributed by atoms with Crippen LogP contribution in [0.5, 0.6) is 0 Å². The minimum absolute atomic E-state index is 0.0287. The van der Waals surface area contributed by atoms with Gasteiger partial charge in [-0.2, -0.15) is 0 Å². The Bertz CT molecular complexity index is 1450. The summed E-state index contributed by atoms with van der Waals surface area (Å²) in [4.78, 5) is 44.8. The molecule has 4 rings (SSSR count). The van der Waals surface area contributed by atoms with Crippen LogP contribution in [0.2, 0.25) is 5.02 Å². The standard InChI is InChI=1S/C29H30ClFN4O4/c1-16(2)19-8-6-7-9-21(19)29(14-35(15-29)18-10-17(3)25(33-13-18)27(37)39-5)28(38)34-24-12-23(31)22(30)11-20(24)26(36)32-4/h6-13,16H,14-15H2,1-5H3,(H,32,36)(H,34,38). The van der Waals surface area contributed by atoms with Gasteiger partial charge in [-0.05, 0) is 47.7 Å². The third kappa shape index (κ3) is 5.18. The fourth-order valence-electron chi connectivity index (χ4n) is 4.92. The largest absolute Gasteiger partial charge is 0.464 e. The highest BCUT2D eigenvalue weighted by atomic mass is 35.5. The number of ether oxygens (including phenoxy) is 1. The van der Waals surface area contributed by atoms with Crippen LogP contribution >= 0.6 is 11.6 Å². The predicted octanol–water partition coefficient (Wildman–Crippen LogP) is 4.85. The van der Waals surface area contributed by atoms with E-state index in [4.69, 9.17) is 16.3 Å². The van der Waals surface area contributed by atoms with Gasteiger partial charge >= 0.3 is 5.97 Å². The number of esters is 1. The van der Waals surface area contributed by atoms with Crippen LogP contribution in [0.4, 0.5) is 15.8 Å². The molecule has 0 unspecified atom stereocenters. The van der Waals surface area contributed by atoms with E-state index < -0.39 is 23.1 Å². The number of carbonyl (C=O) groups is 3. The molecule has 1 fully saturated rings. The van der Waals surface area contributed by atoms with E-state index in [1.54, 1.807) is 13.1 Å². The molecule has 2 N–H and O–H groups in total. The van der Waals surface area contributed by atoms with E-state index in [1.165, 1.54) is 20.2 Å². The molecule has 0 bridgehead atoms. The van der Waals surface area contributed by atoms with Gasteiger partial charge in [0.1, 0.15) is 11.2 Å². The lowest BCUT2D eigenvalue weighted by Gasteiger charge is -2.51. The molecular weight excluding hydrogens is 523 g/mol. The molecule has 1 aliphatic heterocycles. The molecule has 39 heavy (non-hydrogen) atoms. The number of halogens is 2. The van der Waals surface area contributed by atoms with Gasteiger partial charge in [0.15, 0.2) is 5.69 Å². The van der Waals surface area contributed by atoms with Crippen molar-refractivity contribution < 1.29 is 23.5 Å². The number of aromatic nitrogens is 1. The van der Waals surface area contributed by atoms with Crippen molar-refractivity contribution in [3.8, 4) is 0 Å². The Kier molecular flexibility index (Phi) is 7.92.